The zero-order valence-electron chi connectivity index (χ0n) is 9.45. The van der Waals surface area contributed by atoms with Crippen LogP contribution in [0, 0.1) is 11.3 Å². The molecule has 0 saturated carbocycles. The summed E-state index contributed by atoms with van der Waals surface area (Å²) >= 11 is 0. The lowest BCUT2D eigenvalue weighted by Crippen LogP contribution is -2.52. The van der Waals surface area contributed by atoms with Crippen LogP contribution < -0.4 is 0 Å². The molecule has 0 unspecified atom stereocenters. The zero-order chi connectivity index (χ0) is 10.9. The molecular formula is C11H18N2O2. The summed E-state index contributed by atoms with van der Waals surface area (Å²) in [5.41, 5.74) is -0.375. The van der Waals surface area contributed by atoms with Gasteiger partial charge in [-0.05, 0) is 13.8 Å². The lowest BCUT2D eigenvalue weighted by Gasteiger charge is -2.42. The van der Waals surface area contributed by atoms with Crippen LogP contribution in [0.5, 0.6) is 0 Å². The lowest BCUT2D eigenvalue weighted by molar-refractivity contribution is -0.189. The Kier molecular flexibility index (Phi) is 2.72. The highest BCUT2D eigenvalue weighted by molar-refractivity contribution is 5.03. The molecule has 0 amide bonds. The third-order valence-electron chi connectivity index (χ3n) is 3.40. The van der Waals surface area contributed by atoms with Crippen molar-refractivity contribution >= 4 is 0 Å². The second-order valence-electron chi connectivity index (χ2n) is 4.77. The predicted octanol–water partition coefficient (Wildman–Crippen LogP) is 1.13. The Bertz CT molecular complexity index is 267. The van der Waals surface area contributed by atoms with Crippen LogP contribution in [0.25, 0.3) is 0 Å². The van der Waals surface area contributed by atoms with Gasteiger partial charge in [0.1, 0.15) is 5.54 Å². The molecule has 0 aromatic carbocycles. The van der Waals surface area contributed by atoms with E-state index in [9.17, 15) is 0 Å². The molecule has 4 heteroatoms. The topological polar surface area (TPSA) is 45.5 Å². The van der Waals surface area contributed by atoms with Crippen molar-refractivity contribution in [1.82, 2.24) is 4.90 Å². The molecule has 2 heterocycles. The van der Waals surface area contributed by atoms with E-state index < -0.39 is 0 Å². The standard InChI is InChI=1S/C11H18N2O2/c1-10(2,9-12)13-5-3-11(4-6-13)14-7-8-15-11/h3-8H2,1-2H3. The quantitative estimate of drug-likeness (QED) is 0.651. The fourth-order valence-electron chi connectivity index (χ4n) is 2.26. The molecule has 4 nitrogen and oxygen atoms in total. The van der Waals surface area contributed by atoms with Crippen LogP contribution in [-0.2, 0) is 9.47 Å². The van der Waals surface area contributed by atoms with Crippen LogP contribution in [0.4, 0.5) is 0 Å². The number of rotatable bonds is 1. The van der Waals surface area contributed by atoms with E-state index in [2.05, 4.69) is 11.0 Å². The normalized spacial score (nSPS) is 26.7. The summed E-state index contributed by atoms with van der Waals surface area (Å²) in [6.45, 7) is 7.09. The molecule has 2 aliphatic heterocycles. The first kappa shape index (κ1) is 10.9. The van der Waals surface area contributed by atoms with Crippen LogP contribution in [-0.4, -0.2) is 42.5 Å². The molecule has 2 rings (SSSR count). The SMILES string of the molecule is CC(C)(C#N)N1CCC2(CC1)OCCO2. The second-order valence-corrected chi connectivity index (χ2v) is 4.77. The van der Waals surface area contributed by atoms with Crippen molar-refractivity contribution < 1.29 is 9.47 Å². The number of nitriles is 1. The van der Waals surface area contributed by atoms with Crippen molar-refractivity contribution in [3.63, 3.8) is 0 Å². The molecule has 0 aromatic heterocycles. The van der Waals surface area contributed by atoms with E-state index in [-0.39, 0.29) is 11.3 Å². The molecule has 84 valence electrons. The first-order valence-corrected chi connectivity index (χ1v) is 5.52. The minimum absolute atomic E-state index is 0.331. The highest BCUT2D eigenvalue weighted by Crippen LogP contribution is 2.33. The largest absolute Gasteiger partial charge is 0.347 e. The number of ether oxygens (including phenoxy) is 2. The fourth-order valence-corrected chi connectivity index (χ4v) is 2.26. The van der Waals surface area contributed by atoms with Crippen molar-refractivity contribution in [3.8, 4) is 6.07 Å². The predicted molar refractivity (Wildman–Crippen MR) is 55.1 cm³/mol. The minimum Gasteiger partial charge on any atom is -0.347 e. The van der Waals surface area contributed by atoms with Gasteiger partial charge in [-0.2, -0.15) is 5.26 Å². The first-order valence-electron chi connectivity index (χ1n) is 5.52. The molecule has 2 aliphatic rings. The number of nitrogens with zero attached hydrogens (tertiary/aromatic N) is 2. The van der Waals surface area contributed by atoms with Crippen LogP contribution >= 0.6 is 0 Å². The van der Waals surface area contributed by atoms with E-state index in [0.717, 1.165) is 25.9 Å². The Labute approximate surface area is 90.8 Å². The average molecular weight is 210 g/mol. The van der Waals surface area contributed by atoms with Crippen LogP contribution in [0.15, 0.2) is 0 Å². The number of piperidine rings is 1. The molecule has 2 fully saturated rings. The summed E-state index contributed by atoms with van der Waals surface area (Å²) in [4.78, 5) is 2.20. The molecule has 1 spiro atoms. The van der Waals surface area contributed by atoms with E-state index in [4.69, 9.17) is 14.7 Å². The number of hydrogen-bond donors (Lipinski definition) is 0. The Morgan fingerprint density at radius 1 is 1.20 bits per heavy atom. The molecule has 0 bridgehead atoms. The molecule has 0 N–H and O–H groups in total. The van der Waals surface area contributed by atoms with Crippen molar-refractivity contribution in [2.24, 2.45) is 0 Å². The first-order chi connectivity index (χ1) is 7.08. The molecule has 0 aromatic rings. The molecule has 0 aliphatic carbocycles. The summed E-state index contributed by atoms with van der Waals surface area (Å²) in [6.07, 6.45) is 1.75. The van der Waals surface area contributed by atoms with Gasteiger partial charge in [0.05, 0.1) is 19.3 Å². The van der Waals surface area contributed by atoms with Crippen LogP contribution in [0.1, 0.15) is 26.7 Å². The second kappa shape index (κ2) is 3.75. The minimum atomic E-state index is -0.375. The van der Waals surface area contributed by atoms with Crippen molar-refractivity contribution in [3.05, 3.63) is 0 Å². The van der Waals surface area contributed by atoms with Crippen LogP contribution in [0.2, 0.25) is 0 Å². The molecule has 15 heavy (non-hydrogen) atoms. The van der Waals surface area contributed by atoms with Gasteiger partial charge in [-0.25, -0.2) is 0 Å². The van der Waals surface area contributed by atoms with Crippen molar-refractivity contribution in [2.75, 3.05) is 26.3 Å². The van der Waals surface area contributed by atoms with Gasteiger partial charge in [-0.1, -0.05) is 0 Å². The maximum absolute atomic E-state index is 9.05. The van der Waals surface area contributed by atoms with Gasteiger partial charge < -0.3 is 9.47 Å². The maximum atomic E-state index is 9.05. The van der Waals surface area contributed by atoms with Crippen molar-refractivity contribution in [1.29, 1.82) is 5.26 Å². The average Bonchev–Trinajstić information content (AvgIpc) is 2.67. The number of likely N-dealkylation sites (tertiary alicyclic amines) is 1. The summed E-state index contributed by atoms with van der Waals surface area (Å²) in [5.74, 6) is -0.331. The lowest BCUT2D eigenvalue weighted by atomic mass is 9.97. The molecule has 0 atom stereocenters. The van der Waals surface area contributed by atoms with Crippen LogP contribution in [0.3, 0.4) is 0 Å². The monoisotopic (exact) mass is 210 g/mol. The Balaban J connectivity index is 1.95. The third-order valence-corrected chi connectivity index (χ3v) is 3.40. The summed E-state index contributed by atoms with van der Waals surface area (Å²) in [5, 5.41) is 9.05. The van der Waals surface area contributed by atoms with Gasteiger partial charge in [0.15, 0.2) is 5.79 Å². The van der Waals surface area contributed by atoms with Gasteiger partial charge in [0.2, 0.25) is 0 Å². The Morgan fingerprint density at radius 2 is 1.73 bits per heavy atom. The van der Waals surface area contributed by atoms with Gasteiger partial charge in [0.25, 0.3) is 0 Å². The molecule has 2 saturated heterocycles. The number of hydrogen-bond acceptors (Lipinski definition) is 4. The highest BCUT2D eigenvalue weighted by Gasteiger charge is 2.42. The molecule has 0 radical (unpaired) electrons. The fraction of sp³-hybridized carbons (Fsp3) is 0.909. The van der Waals surface area contributed by atoms with Gasteiger partial charge >= 0.3 is 0 Å². The van der Waals surface area contributed by atoms with Crippen molar-refractivity contribution in [2.45, 2.75) is 38.0 Å². The van der Waals surface area contributed by atoms with E-state index in [1.165, 1.54) is 0 Å². The Hall–Kier alpha value is -0.630. The summed E-state index contributed by atoms with van der Waals surface area (Å²) < 4.78 is 11.3. The van der Waals surface area contributed by atoms with E-state index in [0.29, 0.717) is 13.2 Å². The molecular weight excluding hydrogens is 192 g/mol. The van der Waals surface area contributed by atoms with E-state index in [1.807, 2.05) is 13.8 Å². The van der Waals surface area contributed by atoms with Gasteiger partial charge in [-0.3, -0.25) is 4.90 Å². The van der Waals surface area contributed by atoms with Gasteiger partial charge in [-0.15, -0.1) is 0 Å². The highest BCUT2D eigenvalue weighted by atomic mass is 16.7. The van der Waals surface area contributed by atoms with E-state index >= 15 is 0 Å². The smallest absolute Gasteiger partial charge is 0.170 e. The Morgan fingerprint density at radius 3 is 2.20 bits per heavy atom. The van der Waals surface area contributed by atoms with E-state index in [1.54, 1.807) is 0 Å². The van der Waals surface area contributed by atoms with Gasteiger partial charge in [0, 0.05) is 25.9 Å². The zero-order valence-corrected chi connectivity index (χ0v) is 9.45. The maximum Gasteiger partial charge on any atom is 0.170 e. The summed E-state index contributed by atoms with van der Waals surface area (Å²) in [6, 6.07) is 2.33. The third kappa shape index (κ3) is 2.00. The summed E-state index contributed by atoms with van der Waals surface area (Å²) in [7, 11) is 0.